The normalized spacial score (nSPS) is 10.3. The van der Waals surface area contributed by atoms with Gasteiger partial charge in [-0.3, -0.25) is 4.79 Å². The van der Waals surface area contributed by atoms with Gasteiger partial charge in [0.2, 0.25) is 0 Å². The Morgan fingerprint density at radius 3 is 2.82 bits per heavy atom. The summed E-state index contributed by atoms with van der Waals surface area (Å²) in [6.07, 6.45) is 3.00. The SMILES string of the molecule is COCCNc1cnc(C(=O)NCc2cccc(C)c2)cn1. The number of ether oxygens (including phenoxy) is 1. The second-order valence-corrected chi connectivity index (χ2v) is 4.88. The molecule has 2 N–H and O–H groups in total. The molecule has 0 aliphatic heterocycles. The van der Waals surface area contributed by atoms with Gasteiger partial charge in [-0.15, -0.1) is 0 Å². The van der Waals surface area contributed by atoms with Gasteiger partial charge in [0, 0.05) is 20.2 Å². The maximum atomic E-state index is 12.0. The first-order valence-electron chi connectivity index (χ1n) is 7.07. The van der Waals surface area contributed by atoms with Crippen LogP contribution in [-0.2, 0) is 11.3 Å². The number of hydrogen-bond donors (Lipinski definition) is 2. The first-order valence-corrected chi connectivity index (χ1v) is 7.07. The molecule has 0 spiro atoms. The van der Waals surface area contributed by atoms with E-state index >= 15 is 0 Å². The minimum absolute atomic E-state index is 0.238. The van der Waals surface area contributed by atoms with Crippen LogP contribution >= 0.6 is 0 Å². The fourth-order valence-corrected chi connectivity index (χ4v) is 1.91. The molecule has 22 heavy (non-hydrogen) atoms. The van der Waals surface area contributed by atoms with E-state index in [4.69, 9.17) is 4.74 Å². The zero-order valence-corrected chi connectivity index (χ0v) is 12.8. The Bertz CT molecular complexity index is 614. The third-order valence-electron chi connectivity index (χ3n) is 3.03. The van der Waals surface area contributed by atoms with E-state index in [-0.39, 0.29) is 5.91 Å². The van der Waals surface area contributed by atoms with Gasteiger partial charge in [-0.25, -0.2) is 9.97 Å². The standard InChI is InChI=1S/C16H20N4O2/c1-12-4-3-5-13(8-12)9-20-16(21)14-10-19-15(11-18-14)17-6-7-22-2/h3-5,8,10-11H,6-7,9H2,1-2H3,(H,17,19)(H,20,21). The lowest BCUT2D eigenvalue weighted by Crippen LogP contribution is -2.24. The van der Waals surface area contributed by atoms with E-state index in [1.54, 1.807) is 7.11 Å². The Labute approximate surface area is 129 Å². The van der Waals surface area contributed by atoms with Gasteiger partial charge < -0.3 is 15.4 Å². The predicted molar refractivity (Wildman–Crippen MR) is 84.7 cm³/mol. The Kier molecular flexibility index (Phi) is 5.85. The molecule has 2 rings (SSSR count). The van der Waals surface area contributed by atoms with Crippen molar-refractivity contribution in [1.29, 1.82) is 0 Å². The lowest BCUT2D eigenvalue weighted by Gasteiger charge is -2.07. The number of anilines is 1. The second-order valence-electron chi connectivity index (χ2n) is 4.88. The summed E-state index contributed by atoms with van der Waals surface area (Å²) >= 11 is 0. The van der Waals surface area contributed by atoms with Crippen LogP contribution in [0.5, 0.6) is 0 Å². The number of methoxy groups -OCH3 is 1. The summed E-state index contributed by atoms with van der Waals surface area (Å²) in [4.78, 5) is 20.3. The van der Waals surface area contributed by atoms with Gasteiger partial charge in [0.1, 0.15) is 11.5 Å². The summed E-state index contributed by atoms with van der Waals surface area (Å²) in [5.41, 5.74) is 2.52. The smallest absolute Gasteiger partial charge is 0.271 e. The van der Waals surface area contributed by atoms with Gasteiger partial charge in [0.05, 0.1) is 19.0 Å². The first-order chi connectivity index (χ1) is 10.7. The van der Waals surface area contributed by atoms with Crippen LogP contribution in [0.1, 0.15) is 21.6 Å². The molecule has 2 aromatic rings. The summed E-state index contributed by atoms with van der Waals surface area (Å²) in [7, 11) is 1.63. The lowest BCUT2D eigenvalue weighted by atomic mass is 10.1. The van der Waals surface area contributed by atoms with E-state index in [9.17, 15) is 4.79 Å². The van der Waals surface area contributed by atoms with Gasteiger partial charge in [-0.1, -0.05) is 29.8 Å². The van der Waals surface area contributed by atoms with Crippen LogP contribution in [0.25, 0.3) is 0 Å². The van der Waals surface area contributed by atoms with Crippen molar-refractivity contribution in [3.05, 3.63) is 53.5 Å². The van der Waals surface area contributed by atoms with Crippen molar-refractivity contribution in [3.8, 4) is 0 Å². The fourth-order valence-electron chi connectivity index (χ4n) is 1.91. The van der Waals surface area contributed by atoms with Gasteiger partial charge >= 0.3 is 0 Å². The minimum Gasteiger partial charge on any atom is -0.383 e. The predicted octanol–water partition coefficient (Wildman–Crippen LogP) is 1.77. The van der Waals surface area contributed by atoms with Crippen LogP contribution in [0.4, 0.5) is 5.82 Å². The molecular weight excluding hydrogens is 280 g/mol. The first kappa shape index (κ1) is 15.9. The Balaban J connectivity index is 1.87. The number of carbonyl (C=O) groups is 1. The van der Waals surface area contributed by atoms with Crippen molar-refractivity contribution in [3.63, 3.8) is 0 Å². The molecule has 0 aliphatic carbocycles. The number of aryl methyl sites for hydroxylation is 1. The highest BCUT2D eigenvalue weighted by Crippen LogP contribution is 2.04. The van der Waals surface area contributed by atoms with Crippen LogP contribution in [-0.4, -0.2) is 36.1 Å². The molecule has 0 radical (unpaired) electrons. The van der Waals surface area contributed by atoms with Crippen molar-refractivity contribution in [1.82, 2.24) is 15.3 Å². The van der Waals surface area contributed by atoms with Gasteiger partial charge in [0.25, 0.3) is 5.91 Å². The molecule has 0 aliphatic rings. The number of hydrogen-bond acceptors (Lipinski definition) is 5. The number of carbonyl (C=O) groups excluding carboxylic acids is 1. The Hall–Kier alpha value is -2.47. The van der Waals surface area contributed by atoms with E-state index in [0.29, 0.717) is 31.2 Å². The highest BCUT2D eigenvalue weighted by atomic mass is 16.5. The average molecular weight is 300 g/mol. The summed E-state index contributed by atoms with van der Waals surface area (Å²) in [6.45, 7) is 3.71. The van der Waals surface area contributed by atoms with Crippen LogP contribution < -0.4 is 10.6 Å². The molecule has 0 atom stereocenters. The van der Waals surface area contributed by atoms with E-state index in [2.05, 4.69) is 20.6 Å². The van der Waals surface area contributed by atoms with Crippen molar-refractivity contribution in [2.24, 2.45) is 0 Å². The van der Waals surface area contributed by atoms with Crippen molar-refractivity contribution >= 4 is 11.7 Å². The maximum Gasteiger partial charge on any atom is 0.271 e. The van der Waals surface area contributed by atoms with Crippen molar-refractivity contribution < 1.29 is 9.53 Å². The van der Waals surface area contributed by atoms with Crippen molar-refractivity contribution in [2.45, 2.75) is 13.5 Å². The molecule has 1 aromatic carbocycles. The van der Waals surface area contributed by atoms with Gasteiger partial charge in [-0.05, 0) is 12.5 Å². The van der Waals surface area contributed by atoms with Crippen molar-refractivity contribution in [2.75, 3.05) is 25.6 Å². The summed E-state index contributed by atoms with van der Waals surface area (Å²) < 4.78 is 4.93. The third kappa shape index (κ3) is 4.82. The van der Waals surface area contributed by atoms with Gasteiger partial charge in [-0.2, -0.15) is 0 Å². The summed E-state index contributed by atoms with van der Waals surface area (Å²) in [6, 6.07) is 8.00. The van der Waals surface area contributed by atoms with E-state index < -0.39 is 0 Å². The van der Waals surface area contributed by atoms with Crippen LogP contribution in [0.3, 0.4) is 0 Å². The second kappa shape index (κ2) is 8.09. The number of nitrogens with one attached hydrogen (secondary N) is 2. The number of aromatic nitrogens is 2. The molecule has 6 nitrogen and oxygen atoms in total. The average Bonchev–Trinajstić information content (AvgIpc) is 2.54. The molecule has 1 amide bonds. The molecular formula is C16H20N4O2. The topological polar surface area (TPSA) is 76.1 Å². The largest absolute Gasteiger partial charge is 0.383 e. The van der Waals surface area contributed by atoms with Crippen LogP contribution in [0, 0.1) is 6.92 Å². The lowest BCUT2D eigenvalue weighted by molar-refractivity contribution is 0.0945. The molecule has 0 saturated carbocycles. The monoisotopic (exact) mass is 300 g/mol. The zero-order chi connectivity index (χ0) is 15.8. The molecule has 0 bridgehead atoms. The van der Waals surface area contributed by atoms with E-state index in [0.717, 1.165) is 11.1 Å². The van der Waals surface area contributed by atoms with E-state index in [1.807, 2.05) is 31.2 Å². The number of nitrogens with zero attached hydrogens (tertiary/aromatic N) is 2. The van der Waals surface area contributed by atoms with Crippen LogP contribution in [0.2, 0.25) is 0 Å². The fraction of sp³-hybridized carbons (Fsp3) is 0.312. The molecule has 116 valence electrons. The Morgan fingerprint density at radius 2 is 2.14 bits per heavy atom. The highest BCUT2D eigenvalue weighted by molar-refractivity contribution is 5.91. The maximum absolute atomic E-state index is 12.0. The number of rotatable bonds is 7. The zero-order valence-electron chi connectivity index (χ0n) is 12.8. The summed E-state index contributed by atoms with van der Waals surface area (Å²) in [5, 5.41) is 5.88. The minimum atomic E-state index is -0.238. The molecule has 0 unspecified atom stereocenters. The number of amides is 1. The third-order valence-corrected chi connectivity index (χ3v) is 3.03. The van der Waals surface area contributed by atoms with E-state index in [1.165, 1.54) is 12.4 Å². The summed E-state index contributed by atoms with van der Waals surface area (Å²) in [5.74, 6) is 0.379. The molecule has 1 heterocycles. The molecule has 0 saturated heterocycles. The number of benzene rings is 1. The molecule has 0 fully saturated rings. The van der Waals surface area contributed by atoms with Gasteiger partial charge in [0.15, 0.2) is 0 Å². The Morgan fingerprint density at radius 1 is 1.27 bits per heavy atom. The molecule has 1 aromatic heterocycles. The highest BCUT2D eigenvalue weighted by Gasteiger charge is 2.07. The van der Waals surface area contributed by atoms with Crippen LogP contribution in [0.15, 0.2) is 36.7 Å². The quantitative estimate of drug-likeness (QED) is 0.762. The molecule has 6 heteroatoms.